The second-order valence-corrected chi connectivity index (χ2v) is 6.69. The number of rotatable bonds is 2. The highest BCUT2D eigenvalue weighted by molar-refractivity contribution is 7.91. The van der Waals surface area contributed by atoms with Gasteiger partial charge in [0.25, 0.3) is 0 Å². The van der Waals surface area contributed by atoms with E-state index in [9.17, 15) is 18.6 Å². The number of phenolic OH excluding ortho intramolecular Hbond substituents is 2. The Bertz CT molecular complexity index is 777. The zero-order valence-electron chi connectivity index (χ0n) is 11.5. The highest BCUT2D eigenvalue weighted by Gasteiger charge is 2.27. The summed E-state index contributed by atoms with van der Waals surface area (Å²) in [5, 5.41) is 19.8. The van der Waals surface area contributed by atoms with Crippen LogP contribution in [-0.4, -0.2) is 18.6 Å². The molecular formula is C15H16O4S. The second-order valence-electron chi connectivity index (χ2n) is 4.83. The van der Waals surface area contributed by atoms with Crippen LogP contribution < -0.4 is 0 Å². The molecule has 2 aromatic carbocycles. The molecule has 2 aromatic rings. The Kier molecular flexibility index (Phi) is 3.48. The van der Waals surface area contributed by atoms with Crippen molar-refractivity contribution in [3.05, 3.63) is 47.0 Å². The minimum absolute atomic E-state index is 0.156. The third-order valence-corrected chi connectivity index (χ3v) is 5.31. The number of sulfone groups is 1. The molecule has 0 aliphatic rings. The van der Waals surface area contributed by atoms with Gasteiger partial charge >= 0.3 is 0 Å². The number of hydrogen-bond donors (Lipinski definition) is 2. The van der Waals surface area contributed by atoms with Crippen molar-refractivity contribution < 1.29 is 18.6 Å². The molecule has 20 heavy (non-hydrogen) atoms. The normalized spacial score (nSPS) is 11.6. The third kappa shape index (κ3) is 2.25. The SMILES string of the molecule is Cc1ccc(S(=O)(=O)c2c(O)ccc(C)c2C)c(O)c1. The molecule has 0 fully saturated rings. The molecule has 0 aliphatic heterocycles. The van der Waals surface area contributed by atoms with Crippen molar-refractivity contribution in [3.63, 3.8) is 0 Å². The van der Waals surface area contributed by atoms with Gasteiger partial charge < -0.3 is 10.2 Å². The average molecular weight is 292 g/mol. The topological polar surface area (TPSA) is 74.6 Å². The summed E-state index contributed by atoms with van der Waals surface area (Å²) in [6.45, 7) is 5.15. The third-order valence-electron chi connectivity index (χ3n) is 3.33. The van der Waals surface area contributed by atoms with E-state index in [1.807, 2.05) is 0 Å². The fourth-order valence-corrected chi connectivity index (χ4v) is 3.79. The molecule has 2 rings (SSSR count). The van der Waals surface area contributed by atoms with E-state index < -0.39 is 9.84 Å². The van der Waals surface area contributed by atoms with Gasteiger partial charge in [0.05, 0.1) is 0 Å². The first-order valence-electron chi connectivity index (χ1n) is 6.09. The molecule has 0 bridgehead atoms. The highest BCUT2D eigenvalue weighted by Crippen LogP contribution is 2.36. The van der Waals surface area contributed by atoms with Crippen molar-refractivity contribution in [3.8, 4) is 11.5 Å². The molecule has 0 spiro atoms. The summed E-state index contributed by atoms with van der Waals surface area (Å²) in [5.74, 6) is -0.626. The smallest absolute Gasteiger partial charge is 0.214 e. The number of phenols is 2. The summed E-state index contributed by atoms with van der Waals surface area (Å²) in [7, 11) is -3.97. The Labute approximate surface area is 118 Å². The molecule has 4 nitrogen and oxygen atoms in total. The summed E-state index contributed by atoms with van der Waals surface area (Å²) in [6.07, 6.45) is 0. The molecule has 0 amide bonds. The van der Waals surface area contributed by atoms with Crippen LogP contribution in [0.15, 0.2) is 40.1 Å². The van der Waals surface area contributed by atoms with Gasteiger partial charge in [-0.1, -0.05) is 12.1 Å². The molecule has 5 heteroatoms. The van der Waals surface area contributed by atoms with Crippen LogP contribution in [-0.2, 0) is 9.84 Å². The van der Waals surface area contributed by atoms with Gasteiger partial charge in [-0.05, 0) is 55.7 Å². The lowest BCUT2D eigenvalue weighted by Crippen LogP contribution is -2.06. The fourth-order valence-electron chi connectivity index (χ4n) is 2.08. The molecule has 0 heterocycles. The fraction of sp³-hybridized carbons (Fsp3) is 0.200. The van der Waals surface area contributed by atoms with E-state index >= 15 is 0 Å². The maximum atomic E-state index is 12.6. The number of hydrogen-bond acceptors (Lipinski definition) is 4. The standard InChI is InChI=1S/C15H16O4S/c1-9-4-7-14(13(17)8-9)20(18,19)15-11(3)10(2)5-6-12(15)16/h4-8,16-17H,1-3H3. The Balaban J connectivity index is 2.77. The van der Waals surface area contributed by atoms with E-state index in [0.29, 0.717) is 5.56 Å². The first-order chi connectivity index (χ1) is 9.25. The van der Waals surface area contributed by atoms with Crippen LogP contribution in [0.4, 0.5) is 0 Å². The number of aryl methyl sites for hydroxylation is 2. The van der Waals surface area contributed by atoms with Crippen molar-refractivity contribution in [1.29, 1.82) is 0 Å². The van der Waals surface area contributed by atoms with Gasteiger partial charge in [-0.15, -0.1) is 0 Å². The van der Waals surface area contributed by atoms with Gasteiger partial charge in [0.2, 0.25) is 9.84 Å². The molecule has 0 saturated carbocycles. The van der Waals surface area contributed by atoms with Gasteiger partial charge in [0.15, 0.2) is 0 Å². The van der Waals surface area contributed by atoms with Crippen molar-refractivity contribution >= 4 is 9.84 Å². The first kappa shape index (κ1) is 14.4. The van der Waals surface area contributed by atoms with Gasteiger partial charge in [0.1, 0.15) is 21.3 Å². The second kappa shape index (κ2) is 4.83. The van der Waals surface area contributed by atoms with Gasteiger partial charge in [-0.3, -0.25) is 0 Å². The van der Waals surface area contributed by atoms with Crippen molar-refractivity contribution in [2.45, 2.75) is 30.6 Å². The number of benzene rings is 2. The lowest BCUT2D eigenvalue weighted by molar-refractivity contribution is 0.452. The molecule has 0 aromatic heterocycles. The molecule has 0 aliphatic carbocycles. The van der Waals surface area contributed by atoms with Gasteiger partial charge in [-0.25, -0.2) is 8.42 Å². The Hall–Kier alpha value is -2.01. The molecule has 2 N–H and O–H groups in total. The summed E-state index contributed by atoms with van der Waals surface area (Å²) in [5.41, 5.74) is 1.99. The Morgan fingerprint density at radius 1 is 0.900 bits per heavy atom. The lowest BCUT2D eigenvalue weighted by atomic mass is 10.1. The monoisotopic (exact) mass is 292 g/mol. The van der Waals surface area contributed by atoms with E-state index in [0.717, 1.165) is 11.1 Å². The van der Waals surface area contributed by atoms with Crippen LogP contribution in [0.1, 0.15) is 16.7 Å². The van der Waals surface area contributed by atoms with E-state index in [2.05, 4.69) is 0 Å². The van der Waals surface area contributed by atoms with Gasteiger partial charge in [0, 0.05) is 0 Å². The molecule has 0 saturated heterocycles. The summed E-state index contributed by atoms with van der Waals surface area (Å²) < 4.78 is 25.3. The average Bonchev–Trinajstić information content (AvgIpc) is 2.33. The van der Waals surface area contributed by atoms with Crippen LogP contribution in [0.5, 0.6) is 11.5 Å². The minimum Gasteiger partial charge on any atom is -0.507 e. The molecule has 0 atom stereocenters. The van der Waals surface area contributed by atoms with Crippen LogP contribution in [0.3, 0.4) is 0 Å². The van der Waals surface area contributed by atoms with E-state index in [-0.39, 0.29) is 21.3 Å². The predicted molar refractivity (Wildman–Crippen MR) is 75.9 cm³/mol. The van der Waals surface area contributed by atoms with E-state index in [4.69, 9.17) is 0 Å². The van der Waals surface area contributed by atoms with Crippen molar-refractivity contribution in [1.82, 2.24) is 0 Å². The van der Waals surface area contributed by atoms with E-state index in [1.54, 1.807) is 32.9 Å². The summed E-state index contributed by atoms with van der Waals surface area (Å²) in [6, 6.07) is 7.34. The van der Waals surface area contributed by atoms with E-state index in [1.165, 1.54) is 18.2 Å². The molecular weight excluding hydrogens is 276 g/mol. The van der Waals surface area contributed by atoms with Crippen molar-refractivity contribution in [2.24, 2.45) is 0 Å². The van der Waals surface area contributed by atoms with Crippen LogP contribution >= 0.6 is 0 Å². The Morgan fingerprint density at radius 3 is 2.15 bits per heavy atom. The van der Waals surface area contributed by atoms with Crippen LogP contribution in [0.2, 0.25) is 0 Å². The zero-order valence-corrected chi connectivity index (χ0v) is 12.3. The van der Waals surface area contributed by atoms with Gasteiger partial charge in [-0.2, -0.15) is 0 Å². The number of aromatic hydroxyl groups is 2. The summed E-state index contributed by atoms with van der Waals surface area (Å²) >= 11 is 0. The Morgan fingerprint density at radius 2 is 1.55 bits per heavy atom. The quantitative estimate of drug-likeness (QED) is 0.892. The van der Waals surface area contributed by atoms with Crippen molar-refractivity contribution in [2.75, 3.05) is 0 Å². The van der Waals surface area contributed by atoms with Crippen LogP contribution in [0, 0.1) is 20.8 Å². The first-order valence-corrected chi connectivity index (χ1v) is 7.57. The minimum atomic E-state index is -3.97. The predicted octanol–water partition coefficient (Wildman–Crippen LogP) is 2.86. The maximum absolute atomic E-state index is 12.6. The zero-order chi connectivity index (χ0) is 15.1. The van der Waals surface area contributed by atoms with Crippen LogP contribution in [0.25, 0.3) is 0 Å². The summed E-state index contributed by atoms with van der Waals surface area (Å²) in [4.78, 5) is -0.358. The lowest BCUT2D eigenvalue weighted by Gasteiger charge is -2.13. The largest absolute Gasteiger partial charge is 0.507 e. The maximum Gasteiger partial charge on any atom is 0.214 e. The molecule has 0 unspecified atom stereocenters. The molecule has 106 valence electrons. The molecule has 0 radical (unpaired) electrons. The highest BCUT2D eigenvalue weighted by atomic mass is 32.2.